The second-order valence-corrected chi connectivity index (χ2v) is 5.87. The summed E-state index contributed by atoms with van der Waals surface area (Å²) in [5, 5.41) is 0. The molecule has 4 N–H and O–H groups in total. The fraction of sp³-hybridized carbons (Fsp3) is 0.562. The zero-order valence-electron chi connectivity index (χ0n) is 12.6. The average Bonchev–Trinajstić information content (AvgIpc) is 2.47. The van der Waals surface area contributed by atoms with E-state index in [4.69, 9.17) is 16.2 Å². The SMILES string of the molecule is CC(N)C1CCN(Cc2ccc(OCC(N)=O)cc2)CC1. The van der Waals surface area contributed by atoms with Crippen LogP contribution in [0.4, 0.5) is 0 Å². The number of ether oxygens (including phenoxy) is 1. The summed E-state index contributed by atoms with van der Waals surface area (Å²) in [5.41, 5.74) is 12.3. The first kappa shape index (κ1) is 15.8. The Morgan fingerprint density at radius 2 is 1.95 bits per heavy atom. The van der Waals surface area contributed by atoms with E-state index >= 15 is 0 Å². The molecule has 21 heavy (non-hydrogen) atoms. The van der Waals surface area contributed by atoms with E-state index in [9.17, 15) is 4.79 Å². The molecule has 1 aliphatic rings. The topological polar surface area (TPSA) is 81.6 Å². The van der Waals surface area contributed by atoms with Crippen LogP contribution in [-0.2, 0) is 11.3 Å². The molecule has 0 aromatic heterocycles. The van der Waals surface area contributed by atoms with Crippen LogP contribution >= 0.6 is 0 Å². The van der Waals surface area contributed by atoms with Gasteiger partial charge < -0.3 is 16.2 Å². The van der Waals surface area contributed by atoms with Crippen molar-refractivity contribution in [2.24, 2.45) is 17.4 Å². The van der Waals surface area contributed by atoms with Gasteiger partial charge in [-0.15, -0.1) is 0 Å². The molecule has 0 saturated carbocycles. The quantitative estimate of drug-likeness (QED) is 0.822. The highest BCUT2D eigenvalue weighted by Crippen LogP contribution is 2.21. The lowest BCUT2D eigenvalue weighted by atomic mass is 9.91. The van der Waals surface area contributed by atoms with Crippen molar-refractivity contribution in [1.82, 2.24) is 4.90 Å². The summed E-state index contributed by atoms with van der Waals surface area (Å²) < 4.78 is 5.25. The van der Waals surface area contributed by atoms with Crippen molar-refractivity contribution in [3.8, 4) is 5.75 Å². The number of carbonyl (C=O) groups excluding carboxylic acids is 1. The molecule has 1 amide bonds. The molecule has 2 rings (SSSR count). The Morgan fingerprint density at radius 3 is 2.48 bits per heavy atom. The van der Waals surface area contributed by atoms with Crippen LogP contribution in [0.25, 0.3) is 0 Å². The van der Waals surface area contributed by atoms with Crippen molar-refractivity contribution in [2.75, 3.05) is 19.7 Å². The fourth-order valence-electron chi connectivity index (χ4n) is 2.74. The molecule has 1 aliphatic heterocycles. The summed E-state index contributed by atoms with van der Waals surface area (Å²) in [7, 11) is 0. The third-order valence-electron chi connectivity index (χ3n) is 4.09. The minimum atomic E-state index is -0.462. The predicted octanol–water partition coefficient (Wildman–Crippen LogP) is 1.11. The first-order valence-corrected chi connectivity index (χ1v) is 7.52. The highest BCUT2D eigenvalue weighted by Gasteiger charge is 2.21. The van der Waals surface area contributed by atoms with Crippen LogP contribution in [0.3, 0.4) is 0 Å². The molecule has 5 heteroatoms. The molecule has 116 valence electrons. The number of likely N-dealkylation sites (tertiary alicyclic amines) is 1. The van der Waals surface area contributed by atoms with Crippen molar-refractivity contribution in [1.29, 1.82) is 0 Å². The lowest BCUT2D eigenvalue weighted by Crippen LogP contribution is -2.39. The third-order valence-corrected chi connectivity index (χ3v) is 4.09. The maximum absolute atomic E-state index is 10.7. The lowest BCUT2D eigenvalue weighted by molar-refractivity contribution is -0.119. The molecule has 0 radical (unpaired) electrons. The van der Waals surface area contributed by atoms with Crippen LogP contribution in [0.5, 0.6) is 5.75 Å². The number of rotatable bonds is 6. The summed E-state index contributed by atoms with van der Waals surface area (Å²) in [6.45, 7) is 5.18. The standard InChI is InChI=1S/C16H25N3O2/c1-12(17)14-6-8-19(9-7-14)10-13-2-4-15(5-3-13)21-11-16(18)20/h2-5,12,14H,6-11,17H2,1H3,(H2,18,20). The maximum atomic E-state index is 10.7. The summed E-state index contributed by atoms with van der Waals surface area (Å²) in [5.74, 6) is 0.870. The molecule has 1 fully saturated rings. The second-order valence-electron chi connectivity index (χ2n) is 5.87. The van der Waals surface area contributed by atoms with Gasteiger partial charge in [-0.2, -0.15) is 0 Å². The minimum absolute atomic E-state index is 0.0792. The summed E-state index contributed by atoms with van der Waals surface area (Å²) in [6.07, 6.45) is 2.36. The molecule has 1 heterocycles. The Hall–Kier alpha value is -1.59. The largest absolute Gasteiger partial charge is 0.484 e. The van der Waals surface area contributed by atoms with Gasteiger partial charge in [0.05, 0.1) is 0 Å². The first-order valence-electron chi connectivity index (χ1n) is 7.52. The van der Waals surface area contributed by atoms with Gasteiger partial charge in [0.2, 0.25) is 0 Å². The lowest BCUT2D eigenvalue weighted by Gasteiger charge is -2.33. The fourth-order valence-corrected chi connectivity index (χ4v) is 2.74. The van der Waals surface area contributed by atoms with E-state index in [2.05, 4.69) is 11.8 Å². The van der Waals surface area contributed by atoms with Gasteiger partial charge in [0.1, 0.15) is 5.75 Å². The smallest absolute Gasteiger partial charge is 0.255 e. The Labute approximate surface area is 126 Å². The van der Waals surface area contributed by atoms with E-state index in [0.29, 0.717) is 17.7 Å². The van der Waals surface area contributed by atoms with Gasteiger partial charge in [-0.05, 0) is 56.5 Å². The second kappa shape index (κ2) is 7.43. The predicted molar refractivity (Wildman–Crippen MR) is 82.8 cm³/mol. The summed E-state index contributed by atoms with van der Waals surface area (Å²) in [4.78, 5) is 13.1. The molecule has 0 spiro atoms. The normalized spacial score (nSPS) is 18.4. The molecule has 1 unspecified atom stereocenters. The Morgan fingerprint density at radius 1 is 1.33 bits per heavy atom. The molecule has 1 saturated heterocycles. The van der Waals surface area contributed by atoms with Gasteiger partial charge in [0.15, 0.2) is 6.61 Å². The monoisotopic (exact) mass is 291 g/mol. The third kappa shape index (κ3) is 5.02. The first-order chi connectivity index (χ1) is 10.0. The molecule has 1 aromatic carbocycles. The van der Waals surface area contributed by atoms with E-state index in [0.717, 1.165) is 19.6 Å². The molecule has 0 bridgehead atoms. The van der Waals surface area contributed by atoms with Crippen molar-refractivity contribution >= 4 is 5.91 Å². The Kier molecular flexibility index (Phi) is 5.59. The number of amides is 1. The van der Waals surface area contributed by atoms with Crippen LogP contribution in [0.2, 0.25) is 0 Å². The van der Waals surface area contributed by atoms with Crippen LogP contribution in [0.1, 0.15) is 25.3 Å². The van der Waals surface area contributed by atoms with Gasteiger partial charge in [-0.25, -0.2) is 0 Å². The number of piperidine rings is 1. The van der Waals surface area contributed by atoms with E-state index in [-0.39, 0.29) is 6.61 Å². The average molecular weight is 291 g/mol. The van der Waals surface area contributed by atoms with Gasteiger partial charge in [-0.3, -0.25) is 9.69 Å². The number of benzene rings is 1. The maximum Gasteiger partial charge on any atom is 0.255 e. The van der Waals surface area contributed by atoms with Gasteiger partial charge in [0, 0.05) is 12.6 Å². The highest BCUT2D eigenvalue weighted by molar-refractivity contribution is 5.75. The summed E-state index contributed by atoms with van der Waals surface area (Å²) >= 11 is 0. The van der Waals surface area contributed by atoms with Crippen LogP contribution in [0.15, 0.2) is 24.3 Å². The number of nitrogens with zero attached hydrogens (tertiary/aromatic N) is 1. The van der Waals surface area contributed by atoms with Crippen LogP contribution < -0.4 is 16.2 Å². The molecule has 0 aliphatic carbocycles. The van der Waals surface area contributed by atoms with Crippen molar-refractivity contribution in [3.05, 3.63) is 29.8 Å². The van der Waals surface area contributed by atoms with E-state index in [1.54, 1.807) is 0 Å². The number of hydrogen-bond donors (Lipinski definition) is 2. The molecular weight excluding hydrogens is 266 g/mol. The molecule has 5 nitrogen and oxygen atoms in total. The molecule has 1 aromatic rings. The highest BCUT2D eigenvalue weighted by atomic mass is 16.5. The van der Waals surface area contributed by atoms with Crippen LogP contribution in [-0.4, -0.2) is 36.5 Å². The minimum Gasteiger partial charge on any atom is -0.484 e. The number of carbonyl (C=O) groups is 1. The van der Waals surface area contributed by atoms with E-state index in [1.807, 2.05) is 24.3 Å². The summed E-state index contributed by atoms with van der Waals surface area (Å²) in [6, 6.07) is 8.14. The zero-order valence-corrected chi connectivity index (χ0v) is 12.6. The zero-order chi connectivity index (χ0) is 15.2. The van der Waals surface area contributed by atoms with Gasteiger partial charge in [-0.1, -0.05) is 12.1 Å². The van der Waals surface area contributed by atoms with Crippen molar-refractivity contribution in [3.63, 3.8) is 0 Å². The van der Waals surface area contributed by atoms with Crippen LogP contribution in [0, 0.1) is 5.92 Å². The number of nitrogens with two attached hydrogens (primary N) is 2. The van der Waals surface area contributed by atoms with Gasteiger partial charge in [0.25, 0.3) is 5.91 Å². The van der Waals surface area contributed by atoms with E-state index in [1.165, 1.54) is 18.4 Å². The van der Waals surface area contributed by atoms with Crippen molar-refractivity contribution in [2.45, 2.75) is 32.4 Å². The molecule has 1 atom stereocenters. The van der Waals surface area contributed by atoms with E-state index < -0.39 is 5.91 Å². The number of hydrogen-bond acceptors (Lipinski definition) is 4. The molecular formula is C16H25N3O2. The van der Waals surface area contributed by atoms with Crippen molar-refractivity contribution < 1.29 is 9.53 Å². The van der Waals surface area contributed by atoms with Gasteiger partial charge >= 0.3 is 0 Å². The Balaban J connectivity index is 1.80. The Bertz CT molecular complexity index is 451. The number of primary amides is 1.